The lowest BCUT2D eigenvalue weighted by atomic mass is 10.0. The van der Waals surface area contributed by atoms with Gasteiger partial charge in [0, 0.05) is 0 Å². The summed E-state index contributed by atoms with van der Waals surface area (Å²) in [6.07, 6.45) is -0.777. The number of hydrogen-bond acceptors (Lipinski definition) is 5. The molecule has 0 aliphatic carbocycles. The van der Waals surface area contributed by atoms with Crippen molar-refractivity contribution in [3.63, 3.8) is 0 Å². The summed E-state index contributed by atoms with van der Waals surface area (Å²) in [5.74, 6) is -1.49. The van der Waals surface area contributed by atoms with Gasteiger partial charge in [-0.25, -0.2) is 14.6 Å². The highest BCUT2D eigenvalue weighted by molar-refractivity contribution is 6.33. The number of Topliss-reactive ketones (excluding diaryl/α,β-unsaturated/α-hetero) is 1. The number of hydrogen-bond donors (Lipinski definition) is 0. The Balaban J connectivity index is 2.78. The lowest BCUT2D eigenvalue weighted by molar-refractivity contribution is -0.375. The van der Waals surface area contributed by atoms with Crippen molar-refractivity contribution in [3.8, 4) is 0 Å². The van der Waals surface area contributed by atoms with Gasteiger partial charge in [-0.15, -0.1) is 0 Å². The van der Waals surface area contributed by atoms with Gasteiger partial charge in [-0.05, 0) is 33.3 Å². The predicted octanol–water partition coefficient (Wildman–Crippen LogP) is 3.00. The molecule has 0 saturated carbocycles. The Labute approximate surface area is 125 Å². The van der Waals surface area contributed by atoms with E-state index in [0.29, 0.717) is 0 Å². The first-order chi connectivity index (χ1) is 9.83. The van der Waals surface area contributed by atoms with Crippen LogP contribution in [0.5, 0.6) is 0 Å². The number of carbonyl (C=O) groups is 2. The molecule has 0 unspecified atom stereocenters. The number of benzene rings is 1. The van der Waals surface area contributed by atoms with Crippen molar-refractivity contribution in [1.82, 2.24) is 0 Å². The molecule has 0 radical (unpaired) electrons. The number of esters is 1. The largest absolute Gasteiger partial charge is 0.460 e. The molecule has 0 bridgehead atoms. The van der Waals surface area contributed by atoms with Crippen molar-refractivity contribution < 1.29 is 24.1 Å². The van der Waals surface area contributed by atoms with Gasteiger partial charge in [0.05, 0.1) is 18.6 Å². The zero-order valence-corrected chi connectivity index (χ0v) is 12.9. The number of rotatable bonds is 7. The lowest BCUT2D eigenvalue weighted by Gasteiger charge is -2.23. The van der Waals surface area contributed by atoms with Crippen LogP contribution in [0.2, 0.25) is 0 Å². The molecule has 0 heterocycles. The molecule has 5 heteroatoms. The van der Waals surface area contributed by atoms with E-state index in [-0.39, 0.29) is 13.0 Å². The summed E-state index contributed by atoms with van der Waals surface area (Å²) in [7, 11) is 0. The average Bonchev–Trinajstić information content (AvgIpc) is 2.43. The molecule has 0 aliphatic rings. The molecule has 1 rings (SSSR count). The maximum absolute atomic E-state index is 11.8. The van der Waals surface area contributed by atoms with E-state index < -0.39 is 23.5 Å². The van der Waals surface area contributed by atoms with E-state index in [4.69, 9.17) is 14.5 Å². The smallest absolute Gasteiger partial charge is 0.374 e. The van der Waals surface area contributed by atoms with E-state index in [9.17, 15) is 9.59 Å². The molecule has 0 fully saturated rings. The fraction of sp³-hybridized carbons (Fsp3) is 0.500. The highest BCUT2D eigenvalue weighted by Gasteiger charge is 2.25. The summed E-state index contributed by atoms with van der Waals surface area (Å²) in [6, 6.07) is 9.15. The van der Waals surface area contributed by atoms with Gasteiger partial charge in [-0.2, -0.15) is 0 Å². The summed E-state index contributed by atoms with van der Waals surface area (Å²) >= 11 is 0. The minimum atomic E-state index is -0.849. The molecule has 1 aromatic carbocycles. The highest BCUT2D eigenvalue weighted by Crippen LogP contribution is 2.24. The standard InChI is InChI=1S/C16H22O5/c1-5-19-15(18)13(17)11-14(20-21-16(2,3)4)12-9-7-6-8-10-12/h6-10,14H,5,11H2,1-4H3/t14-/m0/s1. The van der Waals surface area contributed by atoms with Crippen LogP contribution in [0.1, 0.15) is 45.8 Å². The Morgan fingerprint density at radius 1 is 1.14 bits per heavy atom. The number of carbonyl (C=O) groups excluding carboxylic acids is 2. The maximum atomic E-state index is 11.8. The Bertz CT molecular complexity index is 461. The highest BCUT2D eigenvalue weighted by atomic mass is 17.2. The first-order valence-corrected chi connectivity index (χ1v) is 6.93. The third-order valence-electron chi connectivity index (χ3n) is 2.46. The van der Waals surface area contributed by atoms with Crippen molar-refractivity contribution >= 4 is 11.8 Å². The Morgan fingerprint density at radius 3 is 2.29 bits per heavy atom. The van der Waals surface area contributed by atoms with Gasteiger partial charge >= 0.3 is 5.97 Å². The van der Waals surface area contributed by atoms with Gasteiger partial charge in [0.25, 0.3) is 0 Å². The monoisotopic (exact) mass is 294 g/mol. The van der Waals surface area contributed by atoms with Crippen molar-refractivity contribution in [2.24, 2.45) is 0 Å². The van der Waals surface area contributed by atoms with Gasteiger partial charge in [0.2, 0.25) is 5.78 Å². The van der Waals surface area contributed by atoms with Gasteiger partial charge in [0.15, 0.2) is 0 Å². The summed E-state index contributed by atoms with van der Waals surface area (Å²) in [5, 5.41) is 0. The van der Waals surface area contributed by atoms with Crippen molar-refractivity contribution in [2.45, 2.75) is 45.8 Å². The molecule has 0 spiro atoms. The van der Waals surface area contributed by atoms with E-state index in [1.807, 2.05) is 51.1 Å². The van der Waals surface area contributed by atoms with Crippen LogP contribution < -0.4 is 0 Å². The molecule has 0 amide bonds. The Hall–Kier alpha value is -1.72. The van der Waals surface area contributed by atoms with Crippen LogP contribution in [0.15, 0.2) is 30.3 Å². The summed E-state index contributed by atoms with van der Waals surface area (Å²) < 4.78 is 4.70. The average molecular weight is 294 g/mol. The Morgan fingerprint density at radius 2 is 1.76 bits per heavy atom. The van der Waals surface area contributed by atoms with E-state index in [0.717, 1.165) is 5.56 Å². The first kappa shape index (κ1) is 17.3. The minimum Gasteiger partial charge on any atom is -0.460 e. The third kappa shape index (κ3) is 6.51. The summed E-state index contributed by atoms with van der Waals surface area (Å²) in [4.78, 5) is 33.9. The summed E-state index contributed by atoms with van der Waals surface area (Å²) in [5.41, 5.74) is 0.249. The first-order valence-electron chi connectivity index (χ1n) is 6.93. The molecule has 116 valence electrons. The molecule has 0 saturated heterocycles. The van der Waals surface area contributed by atoms with Gasteiger partial charge < -0.3 is 4.74 Å². The minimum absolute atomic E-state index is 0.126. The van der Waals surface area contributed by atoms with Crippen LogP contribution in [0.3, 0.4) is 0 Å². The van der Waals surface area contributed by atoms with Crippen LogP contribution >= 0.6 is 0 Å². The van der Waals surface area contributed by atoms with E-state index >= 15 is 0 Å². The van der Waals surface area contributed by atoms with Crippen molar-refractivity contribution in [1.29, 1.82) is 0 Å². The molecule has 0 aromatic heterocycles. The van der Waals surface area contributed by atoms with Crippen LogP contribution in [0.4, 0.5) is 0 Å². The van der Waals surface area contributed by atoms with Crippen molar-refractivity contribution in [3.05, 3.63) is 35.9 Å². The van der Waals surface area contributed by atoms with Crippen LogP contribution in [0, 0.1) is 0 Å². The normalized spacial score (nSPS) is 12.8. The molecule has 1 atom stereocenters. The van der Waals surface area contributed by atoms with E-state index in [1.54, 1.807) is 6.92 Å². The molecular weight excluding hydrogens is 272 g/mol. The molecule has 21 heavy (non-hydrogen) atoms. The molecule has 5 nitrogen and oxygen atoms in total. The van der Waals surface area contributed by atoms with Crippen molar-refractivity contribution in [2.75, 3.05) is 6.61 Å². The second-order valence-corrected chi connectivity index (χ2v) is 5.54. The zero-order chi connectivity index (χ0) is 15.9. The second-order valence-electron chi connectivity index (χ2n) is 5.54. The van der Waals surface area contributed by atoms with E-state index in [2.05, 4.69) is 0 Å². The molecule has 1 aromatic rings. The SMILES string of the molecule is CCOC(=O)C(=O)C[C@H](OOC(C)(C)C)c1ccccc1. The Kier molecular flexibility index (Phi) is 6.52. The third-order valence-corrected chi connectivity index (χ3v) is 2.46. The van der Waals surface area contributed by atoms with Crippen LogP contribution in [-0.2, 0) is 24.1 Å². The fourth-order valence-corrected chi connectivity index (χ4v) is 1.54. The number of ether oxygens (including phenoxy) is 1. The van der Waals surface area contributed by atoms with Crippen LogP contribution in [0.25, 0.3) is 0 Å². The van der Waals surface area contributed by atoms with Gasteiger partial charge in [-0.1, -0.05) is 30.3 Å². The summed E-state index contributed by atoms with van der Waals surface area (Å²) in [6.45, 7) is 7.33. The van der Waals surface area contributed by atoms with Crippen LogP contribution in [-0.4, -0.2) is 24.0 Å². The molecular formula is C16H22O5. The predicted molar refractivity (Wildman–Crippen MR) is 77.4 cm³/mol. The van der Waals surface area contributed by atoms with Gasteiger partial charge in [-0.3, -0.25) is 4.79 Å². The van der Waals surface area contributed by atoms with Gasteiger partial charge in [0.1, 0.15) is 6.10 Å². The molecule has 0 aliphatic heterocycles. The lowest BCUT2D eigenvalue weighted by Crippen LogP contribution is -2.25. The number of ketones is 1. The quantitative estimate of drug-likeness (QED) is 0.335. The fourth-order valence-electron chi connectivity index (χ4n) is 1.54. The molecule has 0 N–H and O–H groups in total. The topological polar surface area (TPSA) is 61.8 Å². The van der Waals surface area contributed by atoms with E-state index in [1.165, 1.54) is 0 Å². The maximum Gasteiger partial charge on any atom is 0.374 e. The zero-order valence-electron chi connectivity index (χ0n) is 12.9. The second kappa shape index (κ2) is 7.90.